The van der Waals surface area contributed by atoms with Gasteiger partial charge in [-0.25, -0.2) is 8.78 Å². The Morgan fingerprint density at radius 1 is 1.04 bits per heavy atom. The lowest BCUT2D eigenvalue weighted by molar-refractivity contribution is 0.0914. The van der Waals surface area contributed by atoms with E-state index in [2.05, 4.69) is 5.32 Å². The van der Waals surface area contributed by atoms with Crippen LogP contribution in [0.15, 0.2) is 71.7 Å². The van der Waals surface area contributed by atoms with Crippen LogP contribution < -0.4 is 10.9 Å². The van der Waals surface area contributed by atoms with Gasteiger partial charge in [0.05, 0.1) is 19.2 Å². The second kappa shape index (κ2) is 8.58. The molecule has 0 spiro atoms. The standard InChI is InChI=1S/C21H18F2N2O3/c22-17-9-8-14(11-18(17)23)12-25-10-4-7-16(21(25)28)20(27)24-19(13-26)15-5-2-1-3-6-15/h1-11,19,26H,12-13H2,(H,24,27)/t19-/m0/s1. The number of pyridine rings is 1. The third-order valence-corrected chi connectivity index (χ3v) is 4.29. The predicted octanol–water partition coefficient (Wildman–Crippen LogP) is 2.64. The number of benzene rings is 2. The van der Waals surface area contributed by atoms with Crippen LogP contribution in [0.1, 0.15) is 27.5 Å². The van der Waals surface area contributed by atoms with Crippen LogP contribution in [0.3, 0.4) is 0 Å². The van der Waals surface area contributed by atoms with Gasteiger partial charge in [0.2, 0.25) is 0 Å². The number of aliphatic hydroxyl groups excluding tert-OH is 1. The van der Waals surface area contributed by atoms with Gasteiger partial charge in [0, 0.05) is 6.20 Å². The summed E-state index contributed by atoms with van der Waals surface area (Å²) in [6.45, 7) is -0.342. The summed E-state index contributed by atoms with van der Waals surface area (Å²) in [6, 6.07) is 14.5. The van der Waals surface area contributed by atoms with Crippen LogP contribution in [-0.2, 0) is 6.54 Å². The average molecular weight is 384 g/mol. The highest BCUT2D eigenvalue weighted by Gasteiger charge is 2.18. The molecular weight excluding hydrogens is 366 g/mol. The Labute approximate surface area is 159 Å². The zero-order chi connectivity index (χ0) is 20.1. The number of halogens is 2. The molecule has 0 saturated heterocycles. The molecule has 0 fully saturated rings. The molecule has 0 aliphatic carbocycles. The number of hydrogen-bond acceptors (Lipinski definition) is 3. The predicted molar refractivity (Wildman–Crippen MR) is 99.9 cm³/mol. The summed E-state index contributed by atoms with van der Waals surface area (Å²) in [5.74, 6) is -2.61. The number of hydrogen-bond donors (Lipinski definition) is 2. The summed E-state index contributed by atoms with van der Waals surface area (Å²) in [6.07, 6.45) is 1.46. The maximum atomic E-state index is 13.4. The molecule has 0 radical (unpaired) electrons. The van der Waals surface area contributed by atoms with Gasteiger partial charge in [0.1, 0.15) is 5.56 Å². The smallest absolute Gasteiger partial charge is 0.263 e. The zero-order valence-corrected chi connectivity index (χ0v) is 14.8. The van der Waals surface area contributed by atoms with Crippen molar-refractivity contribution in [3.63, 3.8) is 0 Å². The third-order valence-electron chi connectivity index (χ3n) is 4.29. The monoisotopic (exact) mass is 384 g/mol. The van der Waals surface area contributed by atoms with Gasteiger partial charge in [-0.1, -0.05) is 36.4 Å². The topological polar surface area (TPSA) is 71.3 Å². The number of aromatic nitrogens is 1. The van der Waals surface area contributed by atoms with Gasteiger partial charge in [-0.05, 0) is 35.4 Å². The van der Waals surface area contributed by atoms with E-state index in [0.717, 1.165) is 12.1 Å². The van der Waals surface area contributed by atoms with E-state index in [-0.39, 0.29) is 18.7 Å². The van der Waals surface area contributed by atoms with Crippen LogP contribution in [0.4, 0.5) is 8.78 Å². The Kier molecular flexibility index (Phi) is 5.96. The molecule has 0 bridgehead atoms. The highest BCUT2D eigenvalue weighted by molar-refractivity contribution is 5.94. The minimum absolute atomic E-state index is 0.0146. The lowest BCUT2D eigenvalue weighted by atomic mass is 10.1. The summed E-state index contributed by atoms with van der Waals surface area (Å²) < 4.78 is 27.7. The molecule has 3 rings (SSSR count). The lowest BCUT2D eigenvalue weighted by Gasteiger charge is -2.17. The van der Waals surface area contributed by atoms with Gasteiger partial charge in [0.25, 0.3) is 11.5 Å². The molecule has 1 heterocycles. The fourth-order valence-corrected chi connectivity index (χ4v) is 2.82. The Morgan fingerprint density at radius 3 is 2.46 bits per heavy atom. The van der Waals surface area contributed by atoms with Crippen LogP contribution in [0.5, 0.6) is 0 Å². The first kappa shape index (κ1) is 19.4. The summed E-state index contributed by atoms with van der Waals surface area (Å²) in [4.78, 5) is 25.2. The van der Waals surface area contributed by atoms with Crippen LogP contribution in [0.25, 0.3) is 0 Å². The van der Waals surface area contributed by atoms with Crippen molar-refractivity contribution in [2.75, 3.05) is 6.61 Å². The van der Waals surface area contributed by atoms with Crippen LogP contribution >= 0.6 is 0 Å². The number of aliphatic hydroxyl groups is 1. The summed E-state index contributed by atoms with van der Waals surface area (Å²) in [5, 5.41) is 12.2. The van der Waals surface area contributed by atoms with Gasteiger partial charge in [-0.15, -0.1) is 0 Å². The molecule has 7 heteroatoms. The van der Waals surface area contributed by atoms with E-state index in [9.17, 15) is 23.5 Å². The SMILES string of the molecule is O=C(N[C@@H](CO)c1ccccc1)c1cccn(Cc2ccc(F)c(F)c2)c1=O. The fraction of sp³-hybridized carbons (Fsp3) is 0.143. The van der Waals surface area contributed by atoms with Crippen molar-refractivity contribution < 1.29 is 18.7 Å². The molecule has 3 aromatic rings. The normalized spacial score (nSPS) is 11.8. The summed E-state index contributed by atoms with van der Waals surface area (Å²) in [5.41, 5.74) is 0.404. The first-order valence-electron chi connectivity index (χ1n) is 8.59. The molecule has 2 N–H and O–H groups in total. The minimum Gasteiger partial charge on any atom is -0.394 e. The molecule has 28 heavy (non-hydrogen) atoms. The molecule has 2 aromatic carbocycles. The van der Waals surface area contributed by atoms with E-state index in [0.29, 0.717) is 11.1 Å². The van der Waals surface area contributed by atoms with E-state index >= 15 is 0 Å². The van der Waals surface area contributed by atoms with E-state index < -0.39 is 29.1 Å². The van der Waals surface area contributed by atoms with Crippen LogP contribution in [-0.4, -0.2) is 22.2 Å². The second-order valence-electron chi connectivity index (χ2n) is 6.22. The highest BCUT2D eigenvalue weighted by atomic mass is 19.2. The molecule has 1 atom stereocenters. The molecule has 144 valence electrons. The molecule has 0 aliphatic rings. The fourth-order valence-electron chi connectivity index (χ4n) is 2.82. The van der Waals surface area contributed by atoms with E-state index in [4.69, 9.17) is 0 Å². The number of carbonyl (C=O) groups is 1. The van der Waals surface area contributed by atoms with Gasteiger partial charge in [-0.2, -0.15) is 0 Å². The summed E-state index contributed by atoms with van der Waals surface area (Å²) >= 11 is 0. The van der Waals surface area contributed by atoms with Gasteiger partial charge in [0.15, 0.2) is 11.6 Å². The Hall–Kier alpha value is -3.32. The molecule has 0 unspecified atom stereocenters. The molecule has 0 aliphatic heterocycles. The number of rotatable bonds is 6. The number of amides is 1. The van der Waals surface area contributed by atoms with Crippen LogP contribution in [0, 0.1) is 11.6 Å². The molecule has 1 amide bonds. The average Bonchev–Trinajstić information content (AvgIpc) is 2.71. The quantitative estimate of drug-likeness (QED) is 0.686. The molecular formula is C21H18F2N2O3. The highest BCUT2D eigenvalue weighted by Crippen LogP contribution is 2.13. The maximum absolute atomic E-state index is 13.4. The number of nitrogens with zero attached hydrogens (tertiary/aromatic N) is 1. The van der Waals surface area contributed by atoms with Crippen molar-refractivity contribution in [3.8, 4) is 0 Å². The lowest BCUT2D eigenvalue weighted by Crippen LogP contribution is -2.36. The maximum Gasteiger partial charge on any atom is 0.263 e. The third kappa shape index (κ3) is 4.32. The van der Waals surface area contributed by atoms with E-state index in [1.165, 1.54) is 29.0 Å². The molecule has 5 nitrogen and oxygen atoms in total. The first-order chi connectivity index (χ1) is 13.5. The van der Waals surface area contributed by atoms with E-state index in [1.807, 2.05) is 6.07 Å². The molecule has 0 saturated carbocycles. The van der Waals surface area contributed by atoms with Crippen molar-refractivity contribution in [1.82, 2.24) is 9.88 Å². The van der Waals surface area contributed by atoms with E-state index in [1.54, 1.807) is 24.3 Å². The Morgan fingerprint density at radius 2 is 1.79 bits per heavy atom. The van der Waals surface area contributed by atoms with Crippen molar-refractivity contribution in [3.05, 3.63) is 106 Å². The van der Waals surface area contributed by atoms with Gasteiger partial charge in [-0.3, -0.25) is 9.59 Å². The first-order valence-corrected chi connectivity index (χ1v) is 8.59. The number of carbonyl (C=O) groups excluding carboxylic acids is 1. The van der Waals surface area contributed by atoms with Crippen molar-refractivity contribution in [2.45, 2.75) is 12.6 Å². The van der Waals surface area contributed by atoms with Crippen molar-refractivity contribution in [1.29, 1.82) is 0 Å². The van der Waals surface area contributed by atoms with Crippen molar-refractivity contribution in [2.24, 2.45) is 0 Å². The summed E-state index contributed by atoms with van der Waals surface area (Å²) in [7, 11) is 0. The number of nitrogens with one attached hydrogen (secondary N) is 1. The minimum atomic E-state index is -1.01. The van der Waals surface area contributed by atoms with Gasteiger partial charge >= 0.3 is 0 Å². The van der Waals surface area contributed by atoms with Crippen LogP contribution in [0.2, 0.25) is 0 Å². The largest absolute Gasteiger partial charge is 0.394 e. The molecule has 1 aromatic heterocycles. The Bertz CT molecular complexity index is 1040. The zero-order valence-electron chi connectivity index (χ0n) is 14.8. The second-order valence-corrected chi connectivity index (χ2v) is 6.22. The Balaban J connectivity index is 1.82. The van der Waals surface area contributed by atoms with Crippen molar-refractivity contribution >= 4 is 5.91 Å². The van der Waals surface area contributed by atoms with Gasteiger partial charge < -0.3 is 15.0 Å².